The van der Waals surface area contributed by atoms with Gasteiger partial charge in [-0.1, -0.05) is 40.5 Å². The Morgan fingerprint density at radius 3 is 2.65 bits per heavy atom. The van der Waals surface area contributed by atoms with E-state index in [1.54, 1.807) is 0 Å². The lowest BCUT2D eigenvalue weighted by atomic mass is 10.1. The van der Waals surface area contributed by atoms with Crippen LogP contribution in [-0.4, -0.2) is 0 Å². The van der Waals surface area contributed by atoms with E-state index in [1.165, 1.54) is 15.3 Å². The van der Waals surface area contributed by atoms with Crippen LogP contribution in [0.5, 0.6) is 0 Å². The third-order valence-electron chi connectivity index (χ3n) is 2.52. The first-order valence-corrected chi connectivity index (χ1v) is 8.19. The van der Waals surface area contributed by atoms with Crippen LogP contribution in [0.3, 0.4) is 0 Å². The summed E-state index contributed by atoms with van der Waals surface area (Å²) in [6.07, 6.45) is 1.09. The highest BCUT2D eigenvalue weighted by molar-refractivity contribution is 9.10. The molecule has 4 heteroatoms. The van der Waals surface area contributed by atoms with E-state index in [0.717, 1.165) is 15.9 Å². The van der Waals surface area contributed by atoms with Crippen LogP contribution in [-0.2, 0) is 6.42 Å². The molecule has 0 N–H and O–H groups in total. The summed E-state index contributed by atoms with van der Waals surface area (Å²) < 4.78 is 0.933. The molecule has 0 amide bonds. The van der Waals surface area contributed by atoms with E-state index in [9.17, 15) is 0 Å². The van der Waals surface area contributed by atoms with Crippen LogP contribution in [0.25, 0.3) is 0 Å². The molecule has 2 rings (SSSR count). The third kappa shape index (κ3) is 3.14. The highest BCUT2D eigenvalue weighted by Gasteiger charge is 2.13. The number of benzene rings is 1. The van der Waals surface area contributed by atoms with E-state index in [4.69, 9.17) is 11.6 Å². The van der Waals surface area contributed by atoms with Gasteiger partial charge in [-0.15, -0.1) is 11.3 Å². The SMILES string of the molecule is CCc1ccc(C(Br)c2ccc(Br)c(Cl)c2)s1. The van der Waals surface area contributed by atoms with Gasteiger partial charge in [0.15, 0.2) is 0 Å². The summed E-state index contributed by atoms with van der Waals surface area (Å²) in [5.41, 5.74) is 1.18. The van der Waals surface area contributed by atoms with Crippen LogP contribution >= 0.6 is 54.8 Å². The molecule has 0 radical (unpaired) electrons. The first kappa shape index (κ1) is 13.6. The highest BCUT2D eigenvalue weighted by atomic mass is 79.9. The zero-order valence-electron chi connectivity index (χ0n) is 9.21. The lowest BCUT2D eigenvalue weighted by Gasteiger charge is -2.09. The Labute approximate surface area is 127 Å². The Morgan fingerprint density at radius 2 is 2.06 bits per heavy atom. The van der Waals surface area contributed by atoms with Crippen molar-refractivity contribution in [2.24, 2.45) is 0 Å². The predicted octanol–water partition coefficient (Wildman–Crippen LogP) is 6.21. The normalized spacial score (nSPS) is 12.7. The van der Waals surface area contributed by atoms with Crippen molar-refractivity contribution in [3.05, 3.63) is 55.1 Å². The van der Waals surface area contributed by atoms with Crippen LogP contribution in [0.2, 0.25) is 5.02 Å². The smallest absolute Gasteiger partial charge is 0.0738 e. The molecule has 1 unspecified atom stereocenters. The van der Waals surface area contributed by atoms with Gasteiger partial charge in [-0.3, -0.25) is 0 Å². The lowest BCUT2D eigenvalue weighted by Crippen LogP contribution is -1.89. The standard InChI is InChI=1S/C13H11Br2ClS/c1-2-9-4-6-12(17-9)13(15)8-3-5-10(14)11(16)7-8/h3-7,13H,2H2,1H3. The van der Waals surface area contributed by atoms with Crippen LogP contribution in [0.4, 0.5) is 0 Å². The summed E-state index contributed by atoms with van der Waals surface area (Å²) >= 11 is 15.1. The first-order valence-electron chi connectivity index (χ1n) is 5.29. The molecule has 0 aliphatic carbocycles. The summed E-state index contributed by atoms with van der Waals surface area (Å²) in [6, 6.07) is 10.4. The van der Waals surface area contributed by atoms with Crippen molar-refractivity contribution in [2.75, 3.05) is 0 Å². The zero-order valence-corrected chi connectivity index (χ0v) is 14.0. The highest BCUT2D eigenvalue weighted by Crippen LogP contribution is 2.37. The molecule has 17 heavy (non-hydrogen) atoms. The van der Waals surface area contributed by atoms with Gasteiger partial charge >= 0.3 is 0 Å². The van der Waals surface area contributed by atoms with Crippen molar-refractivity contribution >= 4 is 54.8 Å². The van der Waals surface area contributed by atoms with Crippen molar-refractivity contribution in [1.29, 1.82) is 0 Å². The fraction of sp³-hybridized carbons (Fsp3) is 0.231. The van der Waals surface area contributed by atoms with E-state index < -0.39 is 0 Å². The fourth-order valence-electron chi connectivity index (χ4n) is 1.56. The van der Waals surface area contributed by atoms with E-state index in [0.29, 0.717) is 0 Å². The van der Waals surface area contributed by atoms with Crippen molar-refractivity contribution in [2.45, 2.75) is 18.2 Å². The summed E-state index contributed by atoms with van der Waals surface area (Å²) in [5.74, 6) is 0. The van der Waals surface area contributed by atoms with Gasteiger partial charge in [-0.25, -0.2) is 0 Å². The molecule has 1 heterocycles. The summed E-state index contributed by atoms with van der Waals surface area (Å²) in [4.78, 5) is 2.95. The van der Waals surface area contributed by atoms with E-state index >= 15 is 0 Å². The molecule has 1 aromatic carbocycles. The van der Waals surface area contributed by atoms with Crippen LogP contribution < -0.4 is 0 Å². The monoisotopic (exact) mass is 392 g/mol. The molecule has 0 spiro atoms. The molecule has 0 saturated carbocycles. The second-order valence-electron chi connectivity index (χ2n) is 3.69. The van der Waals surface area contributed by atoms with Crippen LogP contribution in [0.1, 0.15) is 27.1 Å². The van der Waals surface area contributed by atoms with E-state index in [1.807, 2.05) is 23.5 Å². The Hall–Kier alpha value is 0.170. The molecule has 0 fully saturated rings. The molecular formula is C13H11Br2ClS. The number of aryl methyl sites for hydroxylation is 1. The molecule has 0 bridgehead atoms. The largest absolute Gasteiger partial charge is 0.144 e. The van der Waals surface area contributed by atoms with Gasteiger partial charge in [0, 0.05) is 14.2 Å². The van der Waals surface area contributed by atoms with Gasteiger partial charge in [0.1, 0.15) is 0 Å². The van der Waals surface area contributed by atoms with Gasteiger partial charge < -0.3 is 0 Å². The quantitative estimate of drug-likeness (QED) is 0.543. The van der Waals surface area contributed by atoms with Crippen molar-refractivity contribution in [3.8, 4) is 0 Å². The average molecular weight is 395 g/mol. The minimum absolute atomic E-state index is 0.221. The summed E-state index contributed by atoms with van der Waals surface area (Å²) in [5, 5.41) is 0.749. The first-order chi connectivity index (χ1) is 8.11. The van der Waals surface area contributed by atoms with Gasteiger partial charge in [-0.05, 0) is 52.2 Å². The minimum atomic E-state index is 0.221. The predicted molar refractivity (Wildman–Crippen MR) is 83.6 cm³/mol. The number of rotatable bonds is 3. The Bertz CT molecular complexity index is 522. The second-order valence-corrected chi connectivity index (χ2v) is 7.07. The maximum Gasteiger partial charge on any atom is 0.0738 e. The van der Waals surface area contributed by atoms with Gasteiger partial charge in [0.2, 0.25) is 0 Å². The molecule has 1 aromatic heterocycles. The van der Waals surface area contributed by atoms with Gasteiger partial charge in [-0.2, -0.15) is 0 Å². The van der Waals surface area contributed by atoms with Crippen molar-refractivity contribution in [1.82, 2.24) is 0 Å². The number of alkyl halides is 1. The summed E-state index contributed by atoms with van der Waals surface area (Å²) in [6.45, 7) is 2.18. The number of halogens is 3. The number of thiophene rings is 1. The molecular weight excluding hydrogens is 383 g/mol. The Balaban J connectivity index is 2.29. The Kier molecular flexibility index (Phi) is 4.70. The number of hydrogen-bond acceptors (Lipinski definition) is 1. The van der Waals surface area contributed by atoms with Gasteiger partial charge in [0.25, 0.3) is 0 Å². The molecule has 0 aliphatic heterocycles. The maximum atomic E-state index is 6.11. The van der Waals surface area contributed by atoms with Crippen LogP contribution in [0, 0.1) is 0 Å². The van der Waals surface area contributed by atoms with E-state index in [-0.39, 0.29) is 4.83 Å². The lowest BCUT2D eigenvalue weighted by molar-refractivity contribution is 1.19. The molecule has 0 saturated heterocycles. The third-order valence-corrected chi connectivity index (χ3v) is 6.37. The topological polar surface area (TPSA) is 0 Å². The average Bonchev–Trinajstić information content (AvgIpc) is 2.80. The molecule has 1 atom stereocenters. The molecule has 2 aromatic rings. The minimum Gasteiger partial charge on any atom is -0.144 e. The van der Waals surface area contributed by atoms with Crippen LogP contribution in [0.15, 0.2) is 34.8 Å². The summed E-state index contributed by atoms with van der Waals surface area (Å²) in [7, 11) is 0. The molecule has 90 valence electrons. The molecule has 0 aliphatic rings. The van der Waals surface area contributed by atoms with Gasteiger partial charge in [0.05, 0.1) is 9.85 Å². The second kappa shape index (κ2) is 5.87. The van der Waals surface area contributed by atoms with E-state index in [2.05, 4.69) is 57.0 Å². The maximum absolute atomic E-state index is 6.11. The zero-order chi connectivity index (χ0) is 12.4. The molecule has 0 nitrogen and oxygen atoms in total. The van der Waals surface area contributed by atoms with Crippen molar-refractivity contribution in [3.63, 3.8) is 0 Å². The Morgan fingerprint density at radius 1 is 1.29 bits per heavy atom. The number of hydrogen-bond donors (Lipinski definition) is 0. The van der Waals surface area contributed by atoms with Crippen molar-refractivity contribution < 1.29 is 0 Å². The fourth-order valence-corrected chi connectivity index (χ4v) is 3.67.